The van der Waals surface area contributed by atoms with Gasteiger partial charge < -0.3 is 9.42 Å². The van der Waals surface area contributed by atoms with Crippen LogP contribution >= 0.6 is 0 Å². The van der Waals surface area contributed by atoms with E-state index in [0.29, 0.717) is 11.8 Å². The molecular formula is C14H17N3O. The Kier molecular flexibility index (Phi) is 3.77. The molecule has 1 aromatic heterocycles. The summed E-state index contributed by atoms with van der Waals surface area (Å²) in [5.74, 6) is 1.16. The molecule has 18 heavy (non-hydrogen) atoms. The van der Waals surface area contributed by atoms with Crippen molar-refractivity contribution in [3.63, 3.8) is 0 Å². The highest BCUT2D eigenvalue weighted by Gasteiger charge is 2.13. The highest BCUT2D eigenvalue weighted by atomic mass is 16.5. The summed E-state index contributed by atoms with van der Waals surface area (Å²) in [6, 6.07) is 9.76. The first-order valence-electron chi connectivity index (χ1n) is 5.99. The second-order valence-corrected chi connectivity index (χ2v) is 4.24. The van der Waals surface area contributed by atoms with Gasteiger partial charge in [-0.15, -0.1) is 0 Å². The third-order valence-corrected chi connectivity index (χ3v) is 2.56. The quantitative estimate of drug-likeness (QED) is 0.756. The second-order valence-electron chi connectivity index (χ2n) is 4.24. The first-order valence-corrected chi connectivity index (χ1v) is 5.99. The fraction of sp³-hybridized carbons (Fsp3) is 0.286. The van der Waals surface area contributed by atoms with Gasteiger partial charge >= 0.3 is 0 Å². The summed E-state index contributed by atoms with van der Waals surface area (Å²) in [5, 5.41) is 4.02. The molecule has 0 N–H and O–H groups in total. The predicted molar refractivity (Wildman–Crippen MR) is 72.4 cm³/mol. The van der Waals surface area contributed by atoms with E-state index in [1.165, 1.54) is 0 Å². The van der Waals surface area contributed by atoms with Crippen LogP contribution in [0.2, 0.25) is 0 Å². The molecule has 1 aromatic carbocycles. The van der Waals surface area contributed by atoms with E-state index < -0.39 is 0 Å². The van der Waals surface area contributed by atoms with Gasteiger partial charge in [-0.05, 0) is 31.1 Å². The van der Waals surface area contributed by atoms with Crippen LogP contribution in [0.3, 0.4) is 0 Å². The van der Waals surface area contributed by atoms with Crippen molar-refractivity contribution in [2.45, 2.75) is 13.8 Å². The average molecular weight is 243 g/mol. The van der Waals surface area contributed by atoms with Crippen LogP contribution in [0.4, 0.5) is 5.95 Å². The van der Waals surface area contributed by atoms with Crippen molar-refractivity contribution in [1.82, 2.24) is 10.1 Å². The summed E-state index contributed by atoms with van der Waals surface area (Å²) in [4.78, 5) is 6.44. The Hall–Kier alpha value is -2.10. The average Bonchev–Trinajstić information content (AvgIpc) is 2.86. The lowest BCUT2D eigenvalue weighted by molar-refractivity contribution is 0.429. The molecule has 1 heterocycles. The van der Waals surface area contributed by atoms with E-state index in [1.807, 2.05) is 42.2 Å². The van der Waals surface area contributed by atoms with E-state index in [4.69, 9.17) is 4.52 Å². The SMILES string of the molecule is C=C(C)CN(CC)c1noc(-c2ccccc2)n1. The molecular weight excluding hydrogens is 226 g/mol. The second kappa shape index (κ2) is 5.49. The van der Waals surface area contributed by atoms with Gasteiger partial charge in [-0.25, -0.2) is 0 Å². The van der Waals surface area contributed by atoms with Crippen molar-refractivity contribution in [2.75, 3.05) is 18.0 Å². The topological polar surface area (TPSA) is 42.2 Å². The third kappa shape index (κ3) is 2.77. The Morgan fingerprint density at radius 2 is 2.06 bits per heavy atom. The number of likely N-dealkylation sites (N-methyl/N-ethyl adjacent to an activating group) is 1. The van der Waals surface area contributed by atoms with Crippen LogP contribution in [0, 0.1) is 0 Å². The van der Waals surface area contributed by atoms with Gasteiger partial charge in [0.25, 0.3) is 11.8 Å². The number of hydrogen-bond acceptors (Lipinski definition) is 4. The van der Waals surface area contributed by atoms with Crippen LogP contribution in [0.1, 0.15) is 13.8 Å². The molecule has 0 saturated heterocycles. The van der Waals surface area contributed by atoms with Crippen molar-refractivity contribution >= 4 is 5.95 Å². The van der Waals surface area contributed by atoms with Gasteiger partial charge in [0.1, 0.15) is 0 Å². The van der Waals surface area contributed by atoms with Gasteiger partial charge in [0.15, 0.2) is 0 Å². The normalized spacial score (nSPS) is 10.3. The number of nitrogens with zero attached hydrogens (tertiary/aromatic N) is 3. The van der Waals surface area contributed by atoms with Crippen molar-refractivity contribution in [3.05, 3.63) is 42.5 Å². The molecule has 0 aliphatic rings. The fourth-order valence-electron chi connectivity index (χ4n) is 1.69. The molecule has 0 radical (unpaired) electrons. The number of benzene rings is 1. The summed E-state index contributed by atoms with van der Waals surface area (Å²) >= 11 is 0. The van der Waals surface area contributed by atoms with E-state index >= 15 is 0 Å². The molecule has 4 heteroatoms. The number of hydrogen-bond donors (Lipinski definition) is 0. The number of anilines is 1. The van der Waals surface area contributed by atoms with Crippen LogP contribution < -0.4 is 4.90 Å². The van der Waals surface area contributed by atoms with Crippen LogP contribution in [0.15, 0.2) is 47.0 Å². The minimum absolute atomic E-state index is 0.547. The van der Waals surface area contributed by atoms with E-state index in [2.05, 4.69) is 23.6 Å². The highest BCUT2D eigenvalue weighted by Crippen LogP contribution is 2.20. The molecule has 0 unspecified atom stereocenters. The summed E-state index contributed by atoms with van der Waals surface area (Å²) in [7, 11) is 0. The summed E-state index contributed by atoms with van der Waals surface area (Å²) in [5.41, 5.74) is 2.01. The monoisotopic (exact) mass is 243 g/mol. The zero-order chi connectivity index (χ0) is 13.0. The van der Waals surface area contributed by atoms with E-state index in [9.17, 15) is 0 Å². The van der Waals surface area contributed by atoms with Gasteiger partial charge in [0, 0.05) is 18.7 Å². The lowest BCUT2D eigenvalue weighted by Gasteiger charge is -2.17. The molecule has 0 bridgehead atoms. The molecule has 4 nitrogen and oxygen atoms in total. The van der Waals surface area contributed by atoms with Crippen LogP contribution in [-0.4, -0.2) is 23.2 Å². The van der Waals surface area contributed by atoms with Gasteiger partial charge in [-0.3, -0.25) is 0 Å². The Morgan fingerprint density at radius 3 is 2.67 bits per heavy atom. The van der Waals surface area contributed by atoms with Gasteiger partial charge in [0.05, 0.1) is 0 Å². The minimum atomic E-state index is 0.547. The lowest BCUT2D eigenvalue weighted by Crippen LogP contribution is -2.25. The Labute approximate surface area is 107 Å². The number of rotatable bonds is 5. The maximum atomic E-state index is 5.28. The van der Waals surface area contributed by atoms with Crippen LogP contribution in [0.5, 0.6) is 0 Å². The molecule has 0 aliphatic carbocycles. The maximum absolute atomic E-state index is 5.28. The Balaban J connectivity index is 2.22. The van der Waals surface area contributed by atoms with Crippen molar-refractivity contribution in [2.24, 2.45) is 0 Å². The fourth-order valence-corrected chi connectivity index (χ4v) is 1.69. The molecule has 0 fully saturated rings. The van der Waals surface area contributed by atoms with Crippen LogP contribution in [-0.2, 0) is 0 Å². The maximum Gasteiger partial charge on any atom is 0.266 e. The highest BCUT2D eigenvalue weighted by molar-refractivity contribution is 5.54. The van der Waals surface area contributed by atoms with Crippen LogP contribution in [0.25, 0.3) is 11.5 Å². The molecule has 2 aromatic rings. The summed E-state index contributed by atoms with van der Waals surface area (Å²) in [6.07, 6.45) is 0. The molecule has 0 atom stereocenters. The van der Waals surface area contributed by atoms with E-state index in [0.717, 1.165) is 24.2 Å². The first kappa shape index (κ1) is 12.4. The van der Waals surface area contributed by atoms with Crippen molar-refractivity contribution in [1.29, 1.82) is 0 Å². The third-order valence-electron chi connectivity index (χ3n) is 2.56. The predicted octanol–water partition coefficient (Wildman–Crippen LogP) is 3.14. The molecule has 0 amide bonds. The summed E-state index contributed by atoms with van der Waals surface area (Å²) in [6.45, 7) is 9.51. The van der Waals surface area contributed by atoms with E-state index in [1.54, 1.807) is 0 Å². The minimum Gasteiger partial charge on any atom is -0.334 e. The Morgan fingerprint density at radius 1 is 1.33 bits per heavy atom. The van der Waals surface area contributed by atoms with E-state index in [-0.39, 0.29) is 0 Å². The van der Waals surface area contributed by atoms with Crippen molar-refractivity contribution < 1.29 is 4.52 Å². The lowest BCUT2D eigenvalue weighted by atomic mass is 10.2. The largest absolute Gasteiger partial charge is 0.334 e. The standard InChI is InChI=1S/C14H17N3O/c1-4-17(10-11(2)3)14-15-13(18-16-14)12-8-6-5-7-9-12/h5-9H,2,4,10H2,1,3H3. The van der Waals surface area contributed by atoms with Crippen molar-refractivity contribution in [3.8, 4) is 11.5 Å². The van der Waals surface area contributed by atoms with Gasteiger partial charge in [-0.2, -0.15) is 4.98 Å². The van der Waals surface area contributed by atoms with Gasteiger partial charge in [-0.1, -0.05) is 30.4 Å². The number of aromatic nitrogens is 2. The van der Waals surface area contributed by atoms with Gasteiger partial charge in [0.2, 0.25) is 0 Å². The molecule has 0 spiro atoms. The molecule has 2 rings (SSSR count). The molecule has 0 saturated carbocycles. The molecule has 94 valence electrons. The zero-order valence-electron chi connectivity index (χ0n) is 10.8. The smallest absolute Gasteiger partial charge is 0.266 e. The summed E-state index contributed by atoms with van der Waals surface area (Å²) < 4.78 is 5.28. The molecule has 0 aliphatic heterocycles. The Bertz CT molecular complexity index is 519. The first-order chi connectivity index (χ1) is 8.70. The zero-order valence-corrected chi connectivity index (χ0v) is 10.8.